The van der Waals surface area contributed by atoms with E-state index in [-0.39, 0.29) is 23.7 Å². The average Bonchev–Trinajstić information content (AvgIpc) is 3.42. The average molecular weight is 375 g/mol. The largest absolute Gasteiger partial charge is 0.361 e. The van der Waals surface area contributed by atoms with Crippen molar-refractivity contribution < 1.29 is 9.59 Å². The van der Waals surface area contributed by atoms with Gasteiger partial charge in [0.25, 0.3) is 0 Å². The summed E-state index contributed by atoms with van der Waals surface area (Å²) in [5.41, 5.74) is 4.57. The molecule has 2 aromatic carbocycles. The first-order valence-electron chi connectivity index (χ1n) is 9.78. The van der Waals surface area contributed by atoms with Crippen LogP contribution in [0.4, 0.5) is 0 Å². The molecule has 1 aromatic heterocycles. The first kappa shape index (κ1) is 18.3. The second-order valence-electron chi connectivity index (χ2n) is 7.49. The van der Waals surface area contributed by atoms with E-state index in [2.05, 4.69) is 21.7 Å². The van der Waals surface area contributed by atoms with Crippen molar-refractivity contribution in [2.75, 3.05) is 6.54 Å². The van der Waals surface area contributed by atoms with Gasteiger partial charge in [-0.15, -0.1) is 0 Å². The molecule has 1 fully saturated rings. The third kappa shape index (κ3) is 3.93. The first-order valence-corrected chi connectivity index (χ1v) is 9.78. The standard InChI is InChI=1S/C23H25N3O2/c1-15-6-2-3-7-16(15)13-26-23(28)20-12-19(20)22(27)24-11-10-17-14-25-21-9-5-4-8-18(17)21/h2-9,14,19-20,25H,10-13H2,1H3,(H,24,27)(H,26,28). The fourth-order valence-electron chi connectivity index (χ4n) is 3.69. The zero-order chi connectivity index (χ0) is 19.5. The minimum atomic E-state index is -0.197. The van der Waals surface area contributed by atoms with Gasteiger partial charge < -0.3 is 15.6 Å². The van der Waals surface area contributed by atoms with Gasteiger partial charge in [0, 0.05) is 30.2 Å². The van der Waals surface area contributed by atoms with E-state index in [1.807, 2.05) is 55.6 Å². The van der Waals surface area contributed by atoms with Crippen molar-refractivity contribution in [3.8, 4) is 0 Å². The Kier molecular flexibility index (Phi) is 5.15. The molecular formula is C23H25N3O2. The zero-order valence-corrected chi connectivity index (χ0v) is 16.0. The van der Waals surface area contributed by atoms with Crippen molar-refractivity contribution >= 4 is 22.7 Å². The van der Waals surface area contributed by atoms with Crippen LogP contribution in [0.15, 0.2) is 54.7 Å². The molecule has 0 spiro atoms. The molecule has 2 unspecified atom stereocenters. The lowest BCUT2D eigenvalue weighted by Crippen LogP contribution is -2.31. The summed E-state index contributed by atoms with van der Waals surface area (Å²) in [6, 6.07) is 16.1. The topological polar surface area (TPSA) is 74.0 Å². The van der Waals surface area contributed by atoms with Crippen molar-refractivity contribution in [2.45, 2.75) is 26.3 Å². The van der Waals surface area contributed by atoms with Gasteiger partial charge in [0.1, 0.15) is 0 Å². The quantitative estimate of drug-likeness (QED) is 0.594. The van der Waals surface area contributed by atoms with E-state index in [1.54, 1.807) is 0 Å². The van der Waals surface area contributed by atoms with Crippen molar-refractivity contribution in [3.63, 3.8) is 0 Å². The third-order valence-corrected chi connectivity index (χ3v) is 5.55. The number of H-pyrrole nitrogens is 1. The molecule has 1 aliphatic carbocycles. The van der Waals surface area contributed by atoms with Crippen LogP contribution in [0.3, 0.4) is 0 Å². The van der Waals surface area contributed by atoms with Gasteiger partial charge in [0.2, 0.25) is 11.8 Å². The predicted octanol–water partition coefficient (Wildman–Crippen LogP) is 3.09. The highest BCUT2D eigenvalue weighted by Gasteiger charge is 2.47. The van der Waals surface area contributed by atoms with Crippen LogP contribution < -0.4 is 10.6 Å². The predicted molar refractivity (Wildman–Crippen MR) is 110 cm³/mol. The Morgan fingerprint density at radius 3 is 2.50 bits per heavy atom. The summed E-state index contributed by atoms with van der Waals surface area (Å²) in [4.78, 5) is 27.9. The molecule has 0 aliphatic heterocycles. The highest BCUT2D eigenvalue weighted by molar-refractivity contribution is 5.92. The van der Waals surface area contributed by atoms with Crippen LogP contribution in [0.5, 0.6) is 0 Å². The summed E-state index contributed by atoms with van der Waals surface area (Å²) in [6.07, 6.45) is 3.40. The molecule has 4 rings (SSSR count). The van der Waals surface area contributed by atoms with E-state index in [4.69, 9.17) is 0 Å². The van der Waals surface area contributed by atoms with E-state index in [9.17, 15) is 9.59 Å². The third-order valence-electron chi connectivity index (χ3n) is 5.55. The number of aryl methyl sites for hydroxylation is 1. The smallest absolute Gasteiger partial charge is 0.224 e. The molecule has 0 bridgehead atoms. The van der Waals surface area contributed by atoms with E-state index < -0.39 is 0 Å². The van der Waals surface area contributed by atoms with Gasteiger partial charge in [-0.25, -0.2) is 0 Å². The molecule has 3 N–H and O–H groups in total. The van der Waals surface area contributed by atoms with Crippen molar-refractivity contribution in [1.82, 2.24) is 15.6 Å². The summed E-state index contributed by atoms with van der Waals surface area (Å²) in [7, 11) is 0. The molecule has 2 atom stereocenters. The molecule has 2 amide bonds. The second kappa shape index (κ2) is 7.89. The molecule has 5 nitrogen and oxygen atoms in total. The van der Waals surface area contributed by atoms with E-state index in [0.717, 1.165) is 23.1 Å². The molecule has 144 valence electrons. The Labute approximate surface area is 164 Å². The van der Waals surface area contributed by atoms with E-state index >= 15 is 0 Å². The van der Waals surface area contributed by atoms with Crippen molar-refractivity contribution in [3.05, 3.63) is 71.4 Å². The van der Waals surface area contributed by atoms with Crippen LogP contribution >= 0.6 is 0 Å². The Hall–Kier alpha value is -3.08. The van der Waals surface area contributed by atoms with Gasteiger partial charge in [-0.1, -0.05) is 42.5 Å². The number of carbonyl (C=O) groups is 2. The molecule has 1 aliphatic rings. The highest BCUT2D eigenvalue weighted by Crippen LogP contribution is 2.38. The summed E-state index contributed by atoms with van der Waals surface area (Å²) in [5.74, 6) is -0.437. The maximum Gasteiger partial charge on any atom is 0.224 e. The number of rotatable bonds is 7. The summed E-state index contributed by atoms with van der Waals surface area (Å²) in [6.45, 7) is 3.12. The molecule has 5 heteroatoms. The van der Waals surface area contributed by atoms with Crippen molar-refractivity contribution in [2.24, 2.45) is 11.8 Å². The van der Waals surface area contributed by atoms with Gasteiger partial charge in [-0.3, -0.25) is 9.59 Å². The molecule has 0 radical (unpaired) electrons. The number of nitrogens with one attached hydrogen (secondary N) is 3. The number of aromatic nitrogens is 1. The van der Waals surface area contributed by atoms with Gasteiger partial charge in [-0.2, -0.15) is 0 Å². The van der Waals surface area contributed by atoms with Gasteiger partial charge in [0.15, 0.2) is 0 Å². The fraction of sp³-hybridized carbons (Fsp3) is 0.304. The van der Waals surface area contributed by atoms with Crippen molar-refractivity contribution in [1.29, 1.82) is 0 Å². The molecular weight excluding hydrogens is 350 g/mol. The SMILES string of the molecule is Cc1ccccc1CNC(=O)C1CC1C(=O)NCCc1c[nH]c2ccccc12. The molecule has 28 heavy (non-hydrogen) atoms. The monoisotopic (exact) mass is 375 g/mol. The number of benzene rings is 2. The lowest BCUT2D eigenvalue weighted by molar-refractivity contribution is -0.127. The Balaban J connectivity index is 1.22. The van der Waals surface area contributed by atoms with Crippen LogP contribution in [0.25, 0.3) is 10.9 Å². The lowest BCUT2D eigenvalue weighted by atomic mass is 10.1. The van der Waals surface area contributed by atoms with Gasteiger partial charge >= 0.3 is 0 Å². The lowest BCUT2D eigenvalue weighted by Gasteiger charge is -2.08. The van der Waals surface area contributed by atoms with Crippen LogP contribution in [-0.2, 0) is 22.6 Å². The normalized spacial score (nSPS) is 18.0. The zero-order valence-electron chi connectivity index (χ0n) is 16.0. The minimum Gasteiger partial charge on any atom is -0.361 e. The molecule has 1 heterocycles. The van der Waals surface area contributed by atoms with Gasteiger partial charge in [-0.05, 0) is 42.5 Å². The number of hydrogen-bond acceptors (Lipinski definition) is 2. The van der Waals surface area contributed by atoms with Crippen LogP contribution in [0.2, 0.25) is 0 Å². The molecule has 0 saturated heterocycles. The number of fused-ring (bicyclic) bond motifs is 1. The van der Waals surface area contributed by atoms with E-state index in [1.165, 1.54) is 10.9 Å². The second-order valence-corrected chi connectivity index (χ2v) is 7.49. The number of carbonyl (C=O) groups excluding carboxylic acids is 2. The Morgan fingerprint density at radius 1 is 0.964 bits per heavy atom. The number of aromatic amines is 1. The highest BCUT2D eigenvalue weighted by atomic mass is 16.2. The number of para-hydroxylation sites is 1. The Bertz CT molecular complexity index is 1010. The first-order chi connectivity index (χ1) is 13.6. The number of amides is 2. The van der Waals surface area contributed by atoms with Crippen LogP contribution in [-0.4, -0.2) is 23.3 Å². The van der Waals surface area contributed by atoms with Crippen LogP contribution in [0.1, 0.15) is 23.1 Å². The summed E-state index contributed by atoms with van der Waals surface area (Å²) >= 11 is 0. The van der Waals surface area contributed by atoms with Gasteiger partial charge in [0.05, 0.1) is 11.8 Å². The van der Waals surface area contributed by atoms with Crippen LogP contribution in [0, 0.1) is 18.8 Å². The maximum absolute atomic E-state index is 12.3. The minimum absolute atomic E-state index is 0.0177. The molecule has 3 aromatic rings. The number of hydrogen-bond donors (Lipinski definition) is 3. The van der Waals surface area contributed by atoms with E-state index in [0.29, 0.717) is 19.5 Å². The Morgan fingerprint density at radius 2 is 1.68 bits per heavy atom. The maximum atomic E-state index is 12.3. The summed E-state index contributed by atoms with van der Waals surface area (Å²) < 4.78 is 0. The fourth-order valence-corrected chi connectivity index (χ4v) is 3.69. The molecule has 1 saturated carbocycles. The summed E-state index contributed by atoms with van der Waals surface area (Å²) in [5, 5.41) is 7.14.